The van der Waals surface area contributed by atoms with Gasteiger partial charge in [-0.1, -0.05) is 19.9 Å². The normalized spacial score (nSPS) is 12.0. The smallest absolute Gasteiger partial charge is 0.220 e. The van der Waals surface area contributed by atoms with Crippen LogP contribution in [0.15, 0.2) is 17.5 Å². The zero-order valence-electron chi connectivity index (χ0n) is 11.0. The molecular weight excluding hydrogens is 268 g/mol. The van der Waals surface area contributed by atoms with Gasteiger partial charge in [-0.3, -0.25) is 4.79 Å². The molecule has 0 saturated carbocycles. The maximum Gasteiger partial charge on any atom is 0.220 e. The second-order valence-electron chi connectivity index (χ2n) is 4.71. The number of thiophene rings is 1. The fourth-order valence-electron chi connectivity index (χ4n) is 1.77. The van der Waals surface area contributed by atoms with Crippen LogP contribution >= 0.6 is 23.7 Å². The highest BCUT2D eigenvalue weighted by molar-refractivity contribution is 7.09. The second kappa shape index (κ2) is 9.36. The van der Waals surface area contributed by atoms with Crippen LogP contribution in [0.5, 0.6) is 0 Å². The van der Waals surface area contributed by atoms with Crippen molar-refractivity contribution in [1.29, 1.82) is 0 Å². The average molecular weight is 291 g/mol. The molecule has 1 aromatic heterocycles. The van der Waals surface area contributed by atoms with Crippen LogP contribution in [-0.4, -0.2) is 18.5 Å². The highest BCUT2D eigenvalue weighted by Crippen LogP contribution is 2.11. The van der Waals surface area contributed by atoms with Gasteiger partial charge in [0.2, 0.25) is 5.91 Å². The molecule has 1 aromatic rings. The minimum absolute atomic E-state index is 0. The predicted molar refractivity (Wildman–Crippen MR) is 80.3 cm³/mol. The number of hydrogen-bond donors (Lipinski definition) is 2. The third-order valence-corrected chi connectivity index (χ3v) is 3.52. The van der Waals surface area contributed by atoms with Crippen molar-refractivity contribution >= 4 is 29.7 Å². The van der Waals surface area contributed by atoms with Gasteiger partial charge in [-0.05, 0) is 30.2 Å². The van der Waals surface area contributed by atoms with Crippen molar-refractivity contribution in [2.45, 2.75) is 39.2 Å². The molecule has 104 valence electrons. The molecule has 1 heterocycles. The van der Waals surface area contributed by atoms with Gasteiger partial charge in [0.05, 0.1) is 0 Å². The van der Waals surface area contributed by atoms with Crippen LogP contribution in [-0.2, 0) is 11.2 Å². The Hall–Kier alpha value is -0.580. The van der Waals surface area contributed by atoms with E-state index >= 15 is 0 Å². The molecule has 18 heavy (non-hydrogen) atoms. The minimum Gasteiger partial charge on any atom is -0.352 e. The van der Waals surface area contributed by atoms with Gasteiger partial charge in [0.15, 0.2) is 0 Å². The molecule has 3 N–H and O–H groups in total. The Morgan fingerprint density at radius 1 is 1.50 bits per heavy atom. The lowest BCUT2D eigenvalue weighted by atomic mass is 10.0. The number of nitrogens with one attached hydrogen (secondary N) is 1. The lowest BCUT2D eigenvalue weighted by Gasteiger charge is -2.18. The molecule has 0 aliphatic carbocycles. The minimum atomic E-state index is 0. The SMILES string of the molecule is CC(C)CC(CN)NC(=O)CCc1cccs1.Cl. The van der Waals surface area contributed by atoms with Gasteiger partial charge in [-0.15, -0.1) is 23.7 Å². The molecule has 1 unspecified atom stereocenters. The molecule has 0 bridgehead atoms. The Balaban J connectivity index is 0.00000289. The molecule has 0 radical (unpaired) electrons. The number of nitrogens with two attached hydrogens (primary N) is 1. The first-order valence-electron chi connectivity index (χ1n) is 6.13. The number of amides is 1. The number of rotatable bonds is 7. The Morgan fingerprint density at radius 2 is 2.22 bits per heavy atom. The summed E-state index contributed by atoms with van der Waals surface area (Å²) in [5, 5.41) is 5.04. The van der Waals surface area contributed by atoms with Crippen LogP contribution in [0.25, 0.3) is 0 Å². The predicted octanol–water partition coefficient (Wildman–Crippen LogP) is 2.59. The van der Waals surface area contributed by atoms with Crippen molar-refractivity contribution in [3.63, 3.8) is 0 Å². The van der Waals surface area contributed by atoms with E-state index in [1.54, 1.807) is 11.3 Å². The third-order valence-electron chi connectivity index (χ3n) is 2.58. The van der Waals surface area contributed by atoms with Crippen molar-refractivity contribution in [2.24, 2.45) is 11.7 Å². The summed E-state index contributed by atoms with van der Waals surface area (Å²) >= 11 is 1.70. The molecule has 0 aromatic carbocycles. The van der Waals surface area contributed by atoms with E-state index < -0.39 is 0 Å². The summed E-state index contributed by atoms with van der Waals surface area (Å²) in [5.41, 5.74) is 5.65. The largest absolute Gasteiger partial charge is 0.352 e. The maximum absolute atomic E-state index is 11.7. The van der Waals surface area contributed by atoms with Gasteiger partial charge >= 0.3 is 0 Å². The monoisotopic (exact) mass is 290 g/mol. The van der Waals surface area contributed by atoms with E-state index in [9.17, 15) is 4.79 Å². The molecule has 0 spiro atoms. The fourth-order valence-corrected chi connectivity index (χ4v) is 2.48. The number of hydrogen-bond acceptors (Lipinski definition) is 3. The molecule has 0 aliphatic rings. The molecule has 5 heteroatoms. The Labute approximate surface area is 120 Å². The highest BCUT2D eigenvalue weighted by Gasteiger charge is 2.12. The summed E-state index contributed by atoms with van der Waals surface area (Å²) in [6, 6.07) is 4.19. The van der Waals surface area contributed by atoms with Crippen molar-refractivity contribution in [3.05, 3.63) is 22.4 Å². The van der Waals surface area contributed by atoms with E-state index in [-0.39, 0.29) is 24.4 Å². The zero-order chi connectivity index (χ0) is 12.7. The molecular formula is C13H23ClN2OS. The van der Waals surface area contributed by atoms with E-state index in [1.165, 1.54) is 4.88 Å². The van der Waals surface area contributed by atoms with Crippen molar-refractivity contribution in [3.8, 4) is 0 Å². The van der Waals surface area contributed by atoms with Crippen LogP contribution in [0.1, 0.15) is 31.6 Å². The van der Waals surface area contributed by atoms with Crippen LogP contribution in [0.2, 0.25) is 0 Å². The standard InChI is InChI=1S/C13H22N2OS.ClH/c1-10(2)8-11(9-14)15-13(16)6-5-12-4-3-7-17-12;/h3-4,7,10-11H,5-6,8-9,14H2,1-2H3,(H,15,16);1H. The summed E-state index contributed by atoms with van der Waals surface area (Å²) in [6.45, 7) is 4.80. The van der Waals surface area contributed by atoms with Crippen LogP contribution < -0.4 is 11.1 Å². The highest BCUT2D eigenvalue weighted by atomic mass is 35.5. The van der Waals surface area contributed by atoms with E-state index in [4.69, 9.17) is 5.73 Å². The zero-order valence-corrected chi connectivity index (χ0v) is 12.7. The maximum atomic E-state index is 11.7. The third kappa shape index (κ3) is 6.99. The lowest BCUT2D eigenvalue weighted by Crippen LogP contribution is -2.41. The number of carbonyl (C=O) groups excluding carboxylic acids is 1. The van der Waals surface area contributed by atoms with Crippen LogP contribution in [0.3, 0.4) is 0 Å². The van der Waals surface area contributed by atoms with Crippen molar-refractivity contribution < 1.29 is 4.79 Å². The Bertz CT molecular complexity index is 328. The molecule has 1 amide bonds. The molecule has 1 atom stereocenters. The first-order chi connectivity index (χ1) is 8.11. The van der Waals surface area contributed by atoms with Gasteiger partial charge in [0.25, 0.3) is 0 Å². The van der Waals surface area contributed by atoms with Crippen LogP contribution in [0.4, 0.5) is 0 Å². The summed E-state index contributed by atoms with van der Waals surface area (Å²) in [7, 11) is 0. The number of carbonyl (C=O) groups is 1. The molecule has 0 fully saturated rings. The van der Waals surface area contributed by atoms with Gasteiger partial charge in [0.1, 0.15) is 0 Å². The molecule has 1 rings (SSSR count). The van der Waals surface area contributed by atoms with E-state index in [0.29, 0.717) is 18.9 Å². The summed E-state index contributed by atoms with van der Waals surface area (Å²) < 4.78 is 0. The van der Waals surface area contributed by atoms with Crippen LogP contribution in [0, 0.1) is 5.92 Å². The molecule has 0 saturated heterocycles. The second-order valence-corrected chi connectivity index (χ2v) is 5.74. The van der Waals surface area contributed by atoms with E-state index in [2.05, 4.69) is 25.2 Å². The Morgan fingerprint density at radius 3 is 2.72 bits per heavy atom. The average Bonchev–Trinajstić information content (AvgIpc) is 2.77. The Kier molecular flexibility index (Phi) is 9.06. The molecule has 3 nitrogen and oxygen atoms in total. The first-order valence-corrected chi connectivity index (χ1v) is 7.01. The summed E-state index contributed by atoms with van der Waals surface area (Å²) in [5.74, 6) is 0.663. The van der Waals surface area contributed by atoms with Gasteiger partial charge < -0.3 is 11.1 Å². The van der Waals surface area contributed by atoms with Gasteiger partial charge in [0, 0.05) is 23.9 Å². The topological polar surface area (TPSA) is 55.1 Å². The number of aryl methyl sites for hydroxylation is 1. The van der Waals surface area contributed by atoms with E-state index in [1.807, 2.05) is 11.4 Å². The van der Waals surface area contributed by atoms with Crippen molar-refractivity contribution in [1.82, 2.24) is 5.32 Å². The fraction of sp³-hybridized carbons (Fsp3) is 0.615. The first kappa shape index (κ1) is 17.4. The number of halogens is 1. The summed E-state index contributed by atoms with van der Waals surface area (Å²) in [4.78, 5) is 13.0. The lowest BCUT2D eigenvalue weighted by molar-refractivity contribution is -0.121. The molecule has 0 aliphatic heterocycles. The van der Waals surface area contributed by atoms with E-state index in [0.717, 1.165) is 12.8 Å². The quantitative estimate of drug-likeness (QED) is 0.811. The van der Waals surface area contributed by atoms with Gasteiger partial charge in [-0.2, -0.15) is 0 Å². The van der Waals surface area contributed by atoms with Gasteiger partial charge in [-0.25, -0.2) is 0 Å². The summed E-state index contributed by atoms with van der Waals surface area (Å²) in [6.07, 6.45) is 2.32. The van der Waals surface area contributed by atoms with Crippen molar-refractivity contribution in [2.75, 3.05) is 6.54 Å².